The number of aliphatic imine (C=N–C) groups is 1. The first-order chi connectivity index (χ1) is 17.8. The molecule has 2 aliphatic heterocycles. The number of hydrazone groups is 1. The molecule has 0 saturated heterocycles. The first-order valence-electron chi connectivity index (χ1n) is 11.8. The molecule has 2 heterocycles. The second-order valence-electron chi connectivity index (χ2n) is 9.06. The van der Waals surface area contributed by atoms with Gasteiger partial charge in [0.05, 0.1) is 11.8 Å². The fourth-order valence-electron chi connectivity index (χ4n) is 4.28. The van der Waals surface area contributed by atoms with Crippen molar-refractivity contribution in [1.29, 1.82) is 0 Å². The largest absolute Gasteiger partial charge is 0.326 e. The number of amidine groups is 1. The van der Waals surface area contributed by atoms with Gasteiger partial charge < -0.3 is 5.32 Å². The maximum absolute atomic E-state index is 13.5. The molecular weight excluding hydrogens is 511 g/mol. The van der Waals surface area contributed by atoms with Crippen molar-refractivity contribution in [1.82, 2.24) is 5.01 Å². The Kier molecular flexibility index (Phi) is 7.13. The number of hydrogen-bond donors (Lipinski definition) is 1. The number of anilines is 1. The van der Waals surface area contributed by atoms with Gasteiger partial charge in [0.2, 0.25) is 5.91 Å². The van der Waals surface area contributed by atoms with E-state index in [9.17, 15) is 14.0 Å². The van der Waals surface area contributed by atoms with Crippen LogP contribution in [-0.4, -0.2) is 33.0 Å². The van der Waals surface area contributed by atoms with Crippen LogP contribution in [0.3, 0.4) is 0 Å². The van der Waals surface area contributed by atoms with Crippen LogP contribution >= 0.6 is 23.4 Å². The summed E-state index contributed by atoms with van der Waals surface area (Å²) in [6.45, 7) is 3.99. The van der Waals surface area contributed by atoms with Gasteiger partial charge in [-0.05, 0) is 72.5 Å². The van der Waals surface area contributed by atoms with Crippen LogP contribution in [0.25, 0.3) is 0 Å². The number of halogens is 2. The molecule has 0 spiro atoms. The molecule has 6 nitrogen and oxygen atoms in total. The van der Waals surface area contributed by atoms with E-state index in [2.05, 4.69) is 10.3 Å². The molecule has 188 valence electrons. The predicted octanol–water partition coefficient (Wildman–Crippen LogP) is 6.27. The van der Waals surface area contributed by atoms with Crippen LogP contribution in [0, 0.1) is 19.7 Å². The monoisotopic (exact) mass is 534 g/mol. The molecule has 0 aromatic heterocycles. The van der Waals surface area contributed by atoms with Gasteiger partial charge in [0.25, 0.3) is 5.91 Å². The molecule has 3 aromatic carbocycles. The summed E-state index contributed by atoms with van der Waals surface area (Å²) < 4.78 is 13.5. The van der Waals surface area contributed by atoms with E-state index in [4.69, 9.17) is 16.7 Å². The van der Waals surface area contributed by atoms with Crippen molar-refractivity contribution in [3.63, 3.8) is 0 Å². The molecule has 37 heavy (non-hydrogen) atoms. The summed E-state index contributed by atoms with van der Waals surface area (Å²) in [6.07, 6.45) is 0.519. The van der Waals surface area contributed by atoms with Gasteiger partial charge >= 0.3 is 0 Å². The highest BCUT2D eigenvalue weighted by molar-refractivity contribution is 8.15. The van der Waals surface area contributed by atoms with Crippen molar-refractivity contribution in [3.8, 4) is 0 Å². The molecule has 0 aliphatic carbocycles. The number of benzene rings is 3. The van der Waals surface area contributed by atoms with E-state index in [0.717, 1.165) is 28.0 Å². The van der Waals surface area contributed by atoms with Crippen molar-refractivity contribution in [3.05, 3.63) is 99.8 Å². The maximum Gasteiger partial charge on any atom is 0.262 e. The van der Waals surface area contributed by atoms with E-state index in [1.807, 2.05) is 50.2 Å². The molecule has 0 fully saturated rings. The first kappa shape index (κ1) is 25.2. The minimum atomic E-state index is -0.647. The Morgan fingerprint density at radius 2 is 1.89 bits per heavy atom. The van der Waals surface area contributed by atoms with Crippen molar-refractivity contribution in [2.45, 2.75) is 38.0 Å². The lowest BCUT2D eigenvalue weighted by atomic mass is 9.98. The Morgan fingerprint density at radius 1 is 1.11 bits per heavy atom. The highest BCUT2D eigenvalue weighted by atomic mass is 35.5. The zero-order chi connectivity index (χ0) is 26.1. The zero-order valence-corrected chi connectivity index (χ0v) is 21.8. The quantitative estimate of drug-likeness (QED) is 0.418. The van der Waals surface area contributed by atoms with Gasteiger partial charge in [0.15, 0.2) is 5.17 Å². The van der Waals surface area contributed by atoms with Crippen LogP contribution in [0.2, 0.25) is 5.02 Å². The van der Waals surface area contributed by atoms with Crippen molar-refractivity contribution >= 4 is 51.7 Å². The number of nitrogens with zero attached hydrogens (tertiary/aromatic N) is 3. The summed E-state index contributed by atoms with van der Waals surface area (Å²) in [7, 11) is 0. The summed E-state index contributed by atoms with van der Waals surface area (Å²) in [5.41, 5.74) is 5.36. The Morgan fingerprint density at radius 3 is 2.62 bits per heavy atom. The molecule has 2 atom stereocenters. The number of thioether (sulfide) groups is 1. The van der Waals surface area contributed by atoms with Gasteiger partial charge in [-0.25, -0.2) is 9.40 Å². The second kappa shape index (κ2) is 10.5. The lowest BCUT2D eigenvalue weighted by Crippen LogP contribution is -2.25. The van der Waals surface area contributed by atoms with Gasteiger partial charge in [0.1, 0.15) is 11.1 Å². The standard InChI is InChI=1S/C28H24ClFN4O2S/c1-16-6-11-22(12-17(16)2)31-26(35)15-25-27(36)32-28(37-25)34-24(19-4-3-5-20(29)13-19)14-23(33-34)18-7-9-21(30)10-8-18/h3-13,24-25H,14-15H2,1-2H3,(H,31,35). The lowest BCUT2D eigenvalue weighted by Gasteiger charge is -2.23. The maximum atomic E-state index is 13.5. The molecule has 5 rings (SSSR count). The first-order valence-corrected chi connectivity index (χ1v) is 13.1. The number of aryl methyl sites for hydroxylation is 2. The number of amides is 2. The summed E-state index contributed by atoms with van der Waals surface area (Å²) in [6, 6.07) is 19.1. The van der Waals surface area contributed by atoms with E-state index in [-0.39, 0.29) is 30.1 Å². The second-order valence-corrected chi connectivity index (χ2v) is 10.7. The fourth-order valence-corrected chi connectivity index (χ4v) is 5.54. The minimum Gasteiger partial charge on any atom is -0.326 e. The summed E-state index contributed by atoms with van der Waals surface area (Å²) in [4.78, 5) is 29.8. The lowest BCUT2D eigenvalue weighted by molar-refractivity contribution is -0.121. The third-order valence-electron chi connectivity index (χ3n) is 6.41. The Labute approximate surface area is 223 Å². The van der Waals surface area contributed by atoms with Gasteiger partial charge in [-0.2, -0.15) is 10.1 Å². The van der Waals surface area contributed by atoms with Gasteiger partial charge in [-0.15, -0.1) is 0 Å². The van der Waals surface area contributed by atoms with Gasteiger partial charge in [-0.1, -0.05) is 53.7 Å². The average Bonchev–Trinajstić information content (AvgIpc) is 3.46. The van der Waals surface area contributed by atoms with Crippen LogP contribution in [0.1, 0.15) is 41.1 Å². The third kappa shape index (κ3) is 5.60. The van der Waals surface area contributed by atoms with Crippen LogP contribution in [0.5, 0.6) is 0 Å². The van der Waals surface area contributed by atoms with Gasteiger partial charge in [0, 0.05) is 23.6 Å². The van der Waals surface area contributed by atoms with E-state index >= 15 is 0 Å². The normalized spacial score (nSPS) is 19.1. The molecule has 2 aliphatic rings. The average molecular weight is 535 g/mol. The highest BCUT2D eigenvalue weighted by Crippen LogP contribution is 2.39. The zero-order valence-electron chi connectivity index (χ0n) is 20.2. The topological polar surface area (TPSA) is 74.1 Å². The Hall–Kier alpha value is -3.49. The number of carbonyl (C=O) groups is 2. The van der Waals surface area contributed by atoms with Crippen LogP contribution in [0.15, 0.2) is 76.8 Å². The molecular formula is C28H24ClFN4O2S. The molecule has 9 heteroatoms. The van der Waals surface area contributed by atoms with Crippen LogP contribution in [0.4, 0.5) is 10.1 Å². The van der Waals surface area contributed by atoms with E-state index in [1.165, 1.54) is 23.9 Å². The van der Waals surface area contributed by atoms with E-state index in [0.29, 0.717) is 22.3 Å². The molecule has 2 amide bonds. The summed E-state index contributed by atoms with van der Waals surface area (Å²) in [5.74, 6) is -0.951. The highest BCUT2D eigenvalue weighted by Gasteiger charge is 2.39. The molecule has 0 radical (unpaired) electrons. The molecule has 2 unspecified atom stereocenters. The number of nitrogens with one attached hydrogen (secondary N) is 1. The molecule has 0 saturated carbocycles. The van der Waals surface area contributed by atoms with Gasteiger partial charge in [-0.3, -0.25) is 9.59 Å². The Balaban J connectivity index is 1.35. The van der Waals surface area contributed by atoms with Crippen LogP contribution in [-0.2, 0) is 9.59 Å². The molecule has 3 aromatic rings. The smallest absolute Gasteiger partial charge is 0.262 e. The Bertz CT molecular complexity index is 1440. The summed E-state index contributed by atoms with van der Waals surface area (Å²) in [5, 5.41) is 9.73. The molecule has 0 bridgehead atoms. The number of rotatable bonds is 5. The molecule has 1 N–H and O–H groups in total. The van der Waals surface area contributed by atoms with E-state index in [1.54, 1.807) is 23.2 Å². The SMILES string of the molecule is Cc1ccc(NC(=O)CC2SC(N3N=C(c4ccc(F)cc4)CC3c3cccc(Cl)c3)=NC2=O)cc1C. The fraction of sp³-hybridized carbons (Fsp3) is 0.214. The predicted molar refractivity (Wildman–Crippen MR) is 147 cm³/mol. The van der Waals surface area contributed by atoms with E-state index < -0.39 is 5.25 Å². The third-order valence-corrected chi connectivity index (χ3v) is 7.78. The van der Waals surface area contributed by atoms with Crippen LogP contribution < -0.4 is 5.32 Å². The number of carbonyl (C=O) groups excluding carboxylic acids is 2. The number of hydrogen-bond acceptors (Lipinski definition) is 5. The van der Waals surface area contributed by atoms with Crippen molar-refractivity contribution in [2.24, 2.45) is 10.1 Å². The van der Waals surface area contributed by atoms with Crippen molar-refractivity contribution in [2.75, 3.05) is 5.32 Å². The minimum absolute atomic E-state index is 0.00632. The van der Waals surface area contributed by atoms with Crippen molar-refractivity contribution < 1.29 is 14.0 Å². The summed E-state index contributed by atoms with van der Waals surface area (Å²) >= 11 is 7.49.